The Bertz CT molecular complexity index is 1290. The molecule has 0 aliphatic heterocycles. The first-order valence-electron chi connectivity index (χ1n) is 13.2. The molecule has 4 N–H and O–H groups in total. The lowest BCUT2D eigenvalue weighted by atomic mass is 9.92. The quantitative estimate of drug-likeness (QED) is 0.328. The van der Waals surface area contributed by atoms with Crippen LogP contribution in [0.5, 0.6) is 0 Å². The summed E-state index contributed by atoms with van der Waals surface area (Å²) in [7, 11) is 0. The van der Waals surface area contributed by atoms with E-state index in [1.54, 1.807) is 0 Å². The number of hydrogen-bond donors (Lipinski definition) is 3. The maximum absolute atomic E-state index is 6.12. The Balaban J connectivity index is 1.25. The van der Waals surface area contributed by atoms with Gasteiger partial charge in [-0.1, -0.05) is 43.2 Å². The van der Waals surface area contributed by atoms with Crippen LogP contribution in [-0.4, -0.2) is 36.6 Å². The van der Waals surface area contributed by atoms with Crippen molar-refractivity contribution in [2.75, 3.05) is 10.6 Å². The average Bonchev–Trinajstić information content (AvgIpc) is 3.60. The number of rotatable bonds is 7. The van der Waals surface area contributed by atoms with Gasteiger partial charge in [0.1, 0.15) is 0 Å². The summed E-state index contributed by atoms with van der Waals surface area (Å²) in [5, 5.41) is 7.15. The Labute approximate surface area is 211 Å². The highest BCUT2D eigenvalue weighted by Crippen LogP contribution is 2.33. The predicted octanol–water partition coefficient (Wildman–Crippen LogP) is 5.30. The fraction of sp³-hybridized carbons (Fsp3) is 0.429. The van der Waals surface area contributed by atoms with Gasteiger partial charge < -0.3 is 20.9 Å². The van der Waals surface area contributed by atoms with E-state index in [1.807, 2.05) is 30.7 Å². The van der Waals surface area contributed by atoms with Crippen LogP contribution in [0.15, 0.2) is 55.0 Å². The maximum atomic E-state index is 6.12. The van der Waals surface area contributed by atoms with Gasteiger partial charge in [-0.3, -0.25) is 4.98 Å². The normalized spacial score (nSPS) is 20.6. The van der Waals surface area contributed by atoms with Crippen molar-refractivity contribution < 1.29 is 0 Å². The van der Waals surface area contributed by atoms with Gasteiger partial charge in [0.05, 0.1) is 12.0 Å². The number of aromatic nitrogens is 5. The molecule has 2 saturated carbocycles. The summed E-state index contributed by atoms with van der Waals surface area (Å²) in [6, 6.07) is 15.6. The fourth-order valence-corrected chi connectivity index (χ4v) is 5.51. The van der Waals surface area contributed by atoms with Gasteiger partial charge >= 0.3 is 0 Å². The second-order valence-electron chi connectivity index (χ2n) is 10.2. The van der Waals surface area contributed by atoms with Crippen LogP contribution < -0.4 is 16.4 Å². The minimum Gasteiger partial charge on any atom is -0.364 e. The molecule has 0 saturated heterocycles. The first-order valence-corrected chi connectivity index (χ1v) is 13.2. The summed E-state index contributed by atoms with van der Waals surface area (Å²) in [4.78, 5) is 19.0. The smallest absolute Gasteiger partial charge is 0.227 e. The van der Waals surface area contributed by atoms with E-state index in [0.29, 0.717) is 30.6 Å². The van der Waals surface area contributed by atoms with Crippen molar-refractivity contribution in [1.82, 2.24) is 24.5 Å². The van der Waals surface area contributed by atoms with Crippen LogP contribution in [0.4, 0.5) is 11.8 Å². The number of benzene rings is 1. The topological polar surface area (TPSA) is 107 Å². The lowest BCUT2D eigenvalue weighted by Gasteiger charge is -2.27. The van der Waals surface area contributed by atoms with Gasteiger partial charge in [0.2, 0.25) is 5.95 Å². The molecule has 2 aliphatic rings. The third-order valence-corrected chi connectivity index (χ3v) is 7.62. The SMILES string of the molecule is NC1CCC(Nc2nc(NCc3ccc(-c4ccccn4)cc3)c3ncn(C4CCCC4)c3n2)CC1. The van der Waals surface area contributed by atoms with E-state index in [2.05, 4.69) is 44.5 Å². The molecule has 4 aromatic rings. The first-order chi connectivity index (χ1) is 17.7. The van der Waals surface area contributed by atoms with Crippen LogP contribution in [0.3, 0.4) is 0 Å². The van der Waals surface area contributed by atoms with E-state index in [0.717, 1.165) is 53.9 Å². The van der Waals surface area contributed by atoms with Crippen LogP contribution in [-0.2, 0) is 6.54 Å². The molecule has 186 valence electrons. The van der Waals surface area contributed by atoms with Crippen molar-refractivity contribution in [2.24, 2.45) is 5.73 Å². The highest BCUT2D eigenvalue weighted by molar-refractivity contribution is 5.84. The Morgan fingerprint density at radius 1 is 0.889 bits per heavy atom. The van der Waals surface area contributed by atoms with Crippen LogP contribution in [0.2, 0.25) is 0 Å². The predicted molar refractivity (Wildman–Crippen MR) is 144 cm³/mol. The van der Waals surface area contributed by atoms with Gasteiger partial charge in [0, 0.05) is 36.4 Å². The van der Waals surface area contributed by atoms with Crippen molar-refractivity contribution in [2.45, 2.75) is 76.0 Å². The summed E-state index contributed by atoms with van der Waals surface area (Å²) in [5.41, 5.74) is 11.1. The van der Waals surface area contributed by atoms with Crippen LogP contribution in [0.1, 0.15) is 63.0 Å². The monoisotopic (exact) mass is 482 g/mol. The zero-order valence-electron chi connectivity index (χ0n) is 20.6. The molecule has 36 heavy (non-hydrogen) atoms. The second kappa shape index (κ2) is 10.2. The number of nitrogens with zero attached hydrogens (tertiary/aromatic N) is 5. The number of nitrogens with two attached hydrogens (primary N) is 1. The molecule has 0 atom stereocenters. The van der Waals surface area contributed by atoms with Gasteiger partial charge in [0.25, 0.3) is 0 Å². The molecule has 3 aromatic heterocycles. The van der Waals surface area contributed by atoms with Crippen molar-refractivity contribution >= 4 is 22.9 Å². The van der Waals surface area contributed by atoms with Crippen molar-refractivity contribution in [1.29, 1.82) is 0 Å². The zero-order chi connectivity index (χ0) is 24.3. The van der Waals surface area contributed by atoms with Crippen molar-refractivity contribution in [3.63, 3.8) is 0 Å². The maximum Gasteiger partial charge on any atom is 0.227 e. The minimum absolute atomic E-state index is 0.316. The van der Waals surface area contributed by atoms with Crippen LogP contribution in [0.25, 0.3) is 22.4 Å². The number of hydrogen-bond acceptors (Lipinski definition) is 7. The number of anilines is 2. The van der Waals surface area contributed by atoms with Gasteiger partial charge in [-0.05, 0) is 56.2 Å². The largest absolute Gasteiger partial charge is 0.364 e. The highest BCUT2D eigenvalue weighted by atomic mass is 15.2. The number of fused-ring (bicyclic) bond motifs is 1. The van der Waals surface area contributed by atoms with E-state index in [4.69, 9.17) is 20.7 Å². The van der Waals surface area contributed by atoms with E-state index in [-0.39, 0.29) is 0 Å². The summed E-state index contributed by atoms with van der Waals surface area (Å²) in [5.74, 6) is 1.45. The Kier molecular flexibility index (Phi) is 6.51. The Hall–Kier alpha value is -3.52. The van der Waals surface area contributed by atoms with Gasteiger partial charge in [0.15, 0.2) is 17.0 Å². The minimum atomic E-state index is 0.316. The van der Waals surface area contributed by atoms with Crippen LogP contribution in [0, 0.1) is 0 Å². The molecule has 8 heteroatoms. The molecular formula is C28H34N8. The summed E-state index contributed by atoms with van der Waals surface area (Å²) >= 11 is 0. The molecule has 1 aromatic carbocycles. The molecule has 6 rings (SSSR count). The Morgan fingerprint density at radius 2 is 1.69 bits per heavy atom. The summed E-state index contributed by atoms with van der Waals surface area (Å²) < 4.78 is 2.26. The molecule has 0 spiro atoms. The molecule has 8 nitrogen and oxygen atoms in total. The number of pyridine rings is 1. The van der Waals surface area contributed by atoms with E-state index < -0.39 is 0 Å². The second-order valence-corrected chi connectivity index (χ2v) is 10.2. The van der Waals surface area contributed by atoms with Crippen molar-refractivity contribution in [3.8, 4) is 11.3 Å². The summed E-state index contributed by atoms with van der Waals surface area (Å²) in [6.45, 7) is 0.655. The van der Waals surface area contributed by atoms with E-state index in [9.17, 15) is 0 Å². The highest BCUT2D eigenvalue weighted by Gasteiger charge is 2.23. The van der Waals surface area contributed by atoms with Crippen molar-refractivity contribution in [3.05, 3.63) is 60.6 Å². The summed E-state index contributed by atoms with van der Waals surface area (Å²) in [6.07, 6.45) is 12.9. The van der Waals surface area contributed by atoms with Gasteiger partial charge in [-0.15, -0.1) is 0 Å². The molecular weight excluding hydrogens is 448 g/mol. The third-order valence-electron chi connectivity index (χ3n) is 7.62. The lowest BCUT2D eigenvalue weighted by Crippen LogP contribution is -2.33. The molecule has 3 heterocycles. The molecule has 0 amide bonds. The van der Waals surface area contributed by atoms with Crippen LogP contribution >= 0.6 is 0 Å². The fourth-order valence-electron chi connectivity index (χ4n) is 5.51. The molecule has 0 bridgehead atoms. The molecule has 2 aliphatic carbocycles. The number of imidazole rings is 1. The molecule has 2 fully saturated rings. The standard InChI is InChI=1S/C28H34N8/c29-21-12-14-22(15-13-21)33-28-34-26(25-27(35-28)36(18-32-25)23-5-1-2-6-23)31-17-19-8-10-20(11-9-19)24-7-3-4-16-30-24/h3-4,7-11,16,18,21-23H,1-2,5-6,12-15,17,29H2,(H2,31,33,34,35). The number of nitrogens with one attached hydrogen (secondary N) is 2. The van der Waals surface area contributed by atoms with Gasteiger partial charge in [-0.25, -0.2) is 4.98 Å². The average molecular weight is 483 g/mol. The molecule has 0 radical (unpaired) electrons. The Morgan fingerprint density at radius 3 is 2.44 bits per heavy atom. The first kappa shape index (κ1) is 22.9. The lowest BCUT2D eigenvalue weighted by molar-refractivity contribution is 0.410. The third kappa shape index (κ3) is 4.91. The molecule has 0 unspecified atom stereocenters. The van der Waals surface area contributed by atoms with Gasteiger partial charge in [-0.2, -0.15) is 9.97 Å². The van der Waals surface area contributed by atoms with E-state index >= 15 is 0 Å². The zero-order valence-corrected chi connectivity index (χ0v) is 20.6. The van der Waals surface area contributed by atoms with E-state index in [1.165, 1.54) is 31.2 Å².